The van der Waals surface area contributed by atoms with Gasteiger partial charge in [0, 0.05) is 0 Å². The van der Waals surface area contributed by atoms with Gasteiger partial charge in [-0.3, -0.25) is 4.55 Å². The standard InChI is InChI=1S/C4H11NO3S.H3N/c5-3-1-2-4-9(6,7)8;/h1-5H2,(H,6,7,8);1H3. The molecule has 0 aromatic rings. The molecule has 0 aromatic heterocycles. The summed E-state index contributed by atoms with van der Waals surface area (Å²) in [6, 6.07) is 0. The lowest BCUT2D eigenvalue weighted by atomic mass is 10.3. The Morgan fingerprint density at radius 3 is 2.10 bits per heavy atom. The summed E-state index contributed by atoms with van der Waals surface area (Å²) in [5.41, 5.74) is 5.08. The van der Waals surface area contributed by atoms with E-state index < -0.39 is 10.1 Å². The quantitative estimate of drug-likeness (QED) is 0.398. The fraction of sp³-hybridized carbons (Fsp3) is 1.00. The molecule has 0 atom stereocenters. The molecule has 6 heteroatoms. The first-order chi connectivity index (χ1) is 4.06. The molecule has 0 aromatic carbocycles. The summed E-state index contributed by atoms with van der Waals surface area (Å²) in [7, 11) is -3.75. The van der Waals surface area contributed by atoms with Crippen molar-refractivity contribution in [2.45, 2.75) is 12.8 Å². The third-order valence-electron chi connectivity index (χ3n) is 0.856. The molecule has 0 bridgehead atoms. The molecule has 0 amide bonds. The zero-order valence-corrected chi connectivity index (χ0v) is 6.60. The maximum absolute atomic E-state index is 10.0. The van der Waals surface area contributed by atoms with Crippen LogP contribution in [0.4, 0.5) is 0 Å². The van der Waals surface area contributed by atoms with Gasteiger partial charge in [-0.15, -0.1) is 0 Å². The van der Waals surface area contributed by atoms with Crippen LogP contribution in [-0.4, -0.2) is 25.3 Å². The second-order valence-corrected chi connectivity index (χ2v) is 3.35. The van der Waals surface area contributed by atoms with Crippen molar-refractivity contribution in [3.8, 4) is 0 Å². The van der Waals surface area contributed by atoms with Crippen molar-refractivity contribution in [3.05, 3.63) is 0 Å². The SMILES string of the molecule is N.NCCCCS(=O)(=O)O. The van der Waals surface area contributed by atoms with E-state index in [9.17, 15) is 8.42 Å². The Morgan fingerprint density at radius 2 is 1.80 bits per heavy atom. The second kappa shape index (κ2) is 5.60. The van der Waals surface area contributed by atoms with E-state index >= 15 is 0 Å². The van der Waals surface area contributed by atoms with Crippen molar-refractivity contribution in [2.24, 2.45) is 5.73 Å². The van der Waals surface area contributed by atoms with Gasteiger partial charge in [0.05, 0.1) is 5.75 Å². The Labute approximate surface area is 60.9 Å². The molecule has 0 aliphatic rings. The zero-order valence-electron chi connectivity index (χ0n) is 5.78. The highest BCUT2D eigenvalue weighted by molar-refractivity contribution is 7.85. The zero-order chi connectivity index (χ0) is 7.33. The van der Waals surface area contributed by atoms with Crippen molar-refractivity contribution in [1.29, 1.82) is 0 Å². The molecule has 0 unspecified atom stereocenters. The first-order valence-corrected chi connectivity index (χ1v) is 4.32. The van der Waals surface area contributed by atoms with E-state index in [1.165, 1.54) is 0 Å². The van der Waals surface area contributed by atoms with E-state index in [0.29, 0.717) is 19.4 Å². The fourth-order valence-corrected chi connectivity index (χ4v) is 0.998. The highest BCUT2D eigenvalue weighted by Gasteiger charge is 2.01. The van der Waals surface area contributed by atoms with Gasteiger partial charge in [-0.2, -0.15) is 8.42 Å². The molecule has 0 aliphatic heterocycles. The molecule has 5 nitrogen and oxygen atoms in total. The van der Waals surface area contributed by atoms with Crippen molar-refractivity contribution >= 4 is 10.1 Å². The van der Waals surface area contributed by atoms with Crippen LogP contribution in [0.25, 0.3) is 0 Å². The number of unbranched alkanes of at least 4 members (excludes halogenated alkanes) is 1. The van der Waals surface area contributed by atoms with E-state index in [4.69, 9.17) is 10.3 Å². The summed E-state index contributed by atoms with van der Waals surface area (Å²) in [5, 5.41) is 0. The minimum Gasteiger partial charge on any atom is -0.344 e. The Bertz CT molecular complexity index is 154. The van der Waals surface area contributed by atoms with Gasteiger partial charge in [0.15, 0.2) is 0 Å². The van der Waals surface area contributed by atoms with Crippen molar-refractivity contribution in [2.75, 3.05) is 12.3 Å². The van der Waals surface area contributed by atoms with Gasteiger partial charge in [0.25, 0.3) is 10.1 Å². The van der Waals surface area contributed by atoms with Gasteiger partial charge in [-0.25, -0.2) is 0 Å². The van der Waals surface area contributed by atoms with Crippen LogP contribution in [-0.2, 0) is 10.1 Å². The second-order valence-electron chi connectivity index (χ2n) is 1.78. The monoisotopic (exact) mass is 170 g/mol. The molecular formula is C4H14N2O3S. The van der Waals surface area contributed by atoms with Gasteiger partial charge in [-0.1, -0.05) is 0 Å². The number of hydrogen-bond donors (Lipinski definition) is 3. The summed E-state index contributed by atoms with van der Waals surface area (Å²) in [4.78, 5) is 0. The molecule has 0 spiro atoms. The first kappa shape index (κ1) is 12.5. The lowest BCUT2D eigenvalue weighted by Crippen LogP contribution is -2.06. The molecule has 0 radical (unpaired) electrons. The Balaban J connectivity index is 0. The summed E-state index contributed by atoms with van der Waals surface area (Å²) >= 11 is 0. The van der Waals surface area contributed by atoms with E-state index in [1.54, 1.807) is 0 Å². The molecule has 0 aliphatic carbocycles. The van der Waals surface area contributed by atoms with Gasteiger partial charge < -0.3 is 11.9 Å². The summed E-state index contributed by atoms with van der Waals surface area (Å²) in [6.07, 6.45) is 1.08. The highest BCUT2D eigenvalue weighted by Crippen LogP contribution is 1.90. The number of rotatable bonds is 4. The molecule has 0 fully saturated rings. The van der Waals surface area contributed by atoms with E-state index in [1.807, 2.05) is 0 Å². The minimum absolute atomic E-state index is 0. The predicted molar refractivity (Wildman–Crippen MR) is 39.7 cm³/mol. The first-order valence-electron chi connectivity index (χ1n) is 2.71. The van der Waals surface area contributed by atoms with Crippen LogP contribution in [0, 0.1) is 0 Å². The van der Waals surface area contributed by atoms with E-state index in [-0.39, 0.29) is 11.9 Å². The largest absolute Gasteiger partial charge is 0.344 e. The number of hydrogen-bond acceptors (Lipinski definition) is 4. The van der Waals surface area contributed by atoms with Crippen molar-refractivity contribution in [1.82, 2.24) is 6.15 Å². The number of nitrogens with two attached hydrogens (primary N) is 1. The van der Waals surface area contributed by atoms with Crippen LogP contribution in [0.15, 0.2) is 0 Å². The smallest absolute Gasteiger partial charge is 0.264 e. The van der Waals surface area contributed by atoms with E-state index in [2.05, 4.69) is 0 Å². The average molecular weight is 170 g/mol. The molecule has 0 heterocycles. The molecule has 10 heavy (non-hydrogen) atoms. The topological polar surface area (TPSA) is 115 Å². The molecule has 0 saturated heterocycles. The van der Waals surface area contributed by atoms with Gasteiger partial charge >= 0.3 is 0 Å². The lowest BCUT2D eigenvalue weighted by molar-refractivity contribution is 0.480. The van der Waals surface area contributed by atoms with Crippen LogP contribution in [0.3, 0.4) is 0 Å². The van der Waals surface area contributed by atoms with Gasteiger partial charge in [0.2, 0.25) is 0 Å². The third kappa shape index (κ3) is 10.7. The molecule has 6 N–H and O–H groups in total. The Hall–Kier alpha value is -0.170. The molecule has 64 valence electrons. The van der Waals surface area contributed by atoms with Crippen molar-refractivity contribution < 1.29 is 13.0 Å². The minimum atomic E-state index is -3.75. The maximum atomic E-state index is 10.0. The van der Waals surface area contributed by atoms with Crippen LogP contribution in [0.2, 0.25) is 0 Å². The molecular weight excluding hydrogens is 156 g/mol. The van der Waals surface area contributed by atoms with Crippen molar-refractivity contribution in [3.63, 3.8) is 0 Å². The average Bonchev–Trinajstić information content (AvgIpc) is 1.63. The van der Waals surface area contributed by atoms with Gasteiger partial charge in [-0.05, 0) is 19.4 Å². The Morgan fingerprint density at radius 1 is 1.30 bits per heavy atom. The molecule has 0 rings (SSSR count). The fourth-order valence-electron chi connectivity index (χ4n) is 0.429. The Kier molecular flexibility index (Phi) is 7.00. The lowest BCUT2D eigenvalue weighted by Gasteiger charge is -1.93. The molecule has 0 saturated carbocycles. The normalized spacial score (nSPS) is 10.6. The predicted octanol–water partition coefficient (Wildman–Crippen LogP) is -0.225. The highest BCUT2D eigenvalue weighted by atomic mass is 32.2. The van der Waals surface area contributed by atoms with Crippen LogP contribution in [0.5, 0.6) is 0 Å². The summed E-state index contributed by atoms with van der Waals surface area (Å²) in [6.45, 7) is 0.468. The summed E-state index contributed by atoms with van der Waals surface area (Å²) in [5.74, 6) is -0.176. The van der Waals surface area contributed by atoms with Crippen LogP contribution in [0.1, 0.15) is 12.8 Å². The van der Waals surface area contributed by atoms with E-state index in [0.717, 1.165) is 0 Å². The van der Waals surface area contributed by atoms with Crippen LogP contribution < -0.4 is 11.9 Å². The summed E-state index contributed by atoms with van der Waals surface area (Å²) < 4.78 is 28.2. The van der Waals surface area contributed by atoms with Gasteiger partial charge in [0.1, 0.15) is 0 Å². The van der Waals surface area contributed by atoms with Crippen LogP contribution >= 0.6 is 0 Å². The maximum Gasteiger partial charge on any atom is 0.264 e. The third-order valence-corrected chi connectivity index (χ3v) is 1.66.